The molecule has 1 atom stereocenters. The van der Waals surface area contributed by atoms with Crippen molar-refractivity contribution in [2.45, 2.75) is 32.1 Å². The molecular formula is C9H17NO. The summed E-state index contributed by atoms with van der Waals surface area (Å²) in [4.78, 5) is 0. The molecule has 2 heteroatoms. The summed E-state index contributed by atoms with van der Waals surface area (Å²) >= 11 is 0. The highest BCUT2D eigenvalue weighted by Gasteiger charge is 2.65. The fourth-order valence-corrected chi connectivity index (χ4v) is 2.94. The molecule has 2 saturated carbocycles. The maximum atomic E-state index is 9.20. The van der Waals surface area contributed by atoms with E-state index in [1.54, 1.807) is 0 Å². The fraction of sp³-hybridized carbons (Fsp3) is 1.00. The third kappa shape index (κ3) is 0.798. The summed E-state index contributed by atoms with van der Waals surface area (Å²) in [6, 6.07) is 0. The summed E-state index contributed by atoms with van der Waals surface area (Å²) in [6.07, 6.45) is 6.51. The molecule has 2 fully saturated rings. The Bertz CT molecular complexity index is 155. The number of hydrogen-bond donors (Lipinski definition) is 2. The van der Waals surface area contributed by atoms with Gasteiger partial charge < -0.3 is 10.8 Å². The minimum atomic E-state index is 0.142. The van der Waals surface area contributed by atoms with Gasteiger partial charge in [0.25, 0.3) is 0 Å². The number of nitrogens with two attached hydrogens (primary N) is 1. The smallest absolute Gasteiger partial charge is 0.0505 e. The molecule has 0 aromatic heterocycles. The van der Waals surface area contributed by atoms with Crippen LogP contribution in [0.1, 0.15) is 32.1 Å². The first-order valence-corrected chi connectivity index (χ1v) is 4.60. The first-order valence-electron chi connectivity index (χ1n) is 4.60. The van der Waals surface area contributed by atoms with Crippen LogP contribution in [-0.4, -0.2) is 18.3 Å². The lowest BCUT2D eigenvalue weighted by Crippen LogP contribution is -2.25. The van der Waals surface area contributed by atoms with Gasteiger partial charge in [0.1, 0.15) is 0 Å². The molecule has 11 heavy (non-hydrogen) atoms. The maximum absolute atomic E-state index is 9.20. The number of aliphatic hydroxyl groups excluding tert-OH is 1. The van der Waals surface area contributed by atoms with Crippen molar-refractivity contribution in [2.24, 2.45) is 16.6 Å². The lowest BCUT2D eigenvalue weighted by atomic mass is 9.92. The largest absolute Gasteiger partial charge is 0.396 e. The Kier molecular flexibility index (Phi) is 1.52. The lowest BCUT2D eigenvalue weighted by Gasteiger charge is -2.17. The van der Waals surface area contributed by atoms with E-state index in [1.165, 1.54) is 32.1 Å². The Labute approximate surface area is 67.8 Å². The van der Waals surface area contributed by atoms with Crippen molar-refractivity contribution in [3.63, 3.8) is 0 Å². The van der Waals surface area contributed by atoms with Crippen molar-refractivity contribution in [2.75, 3.05) is 13.2 Å². The van der Waals surface area contributed by atoms with Gasteiger partial charge in [-0.15, -0.1) is 0 Å². The van der Waals surface area contributed by atoms with Crippen LogP contribution in [0, 0.1) is 10.8 Å². The summed E-state index contributed by atoms with van der Waals surface area (Å²) < 4.78 is 0. The van der Waals surface area contributed by atoms with Crippen molar-refractivity contribution >= 4 is 0 Å². The summed E-state index contributed by atoms with van der Waals surface area (Å²) in [5.41, 5.74) is 6.30. The van der Waals surface area contributed by atoms with Gasteiger partial charge in [-0.3, -0.25) is 0 Å². The predicted octanol–water partition coefficient (Wildman–Crippen LogP) is 0.888. The van der Waals surface area contributed by atoms with Crippen molar-refractivity contribution in [1.29, 1.82) is 0 Å². The highest BCUT2D eigenvalue weighted by atomic mass is 16.3. The van der Waals surface area contributed by atoms with E-state index in [1.807, 2.05) is 0 Å². The van der Waals surface area contributed by atoms with E-state index in [2.05, 4.69) is 0 Å². The molecule has 0 aromatic carbocycles. The monoisotopic (exact) mass is 155 g/mol. The molecule has 0 aromatic rings. The van der Waals surface area contributed by atoms with E-state index in [9.17, 15) is 5.11 Å². The van der Waals surface area contributed by atoms with Gasteiger partial charge in [0.05, 0.1) is 6.61 Å². The summed E-state index contributed by atoms with van der Waals surface area (Å²) in [5, 5.41) is 9.20. The highest BCUT2D eigenvalue weighted by molar-refractivity contribution is 5.16. The molecule has 0 aliphatic heterocycles. The first-order chi connectivity index (χ1) is 5.29. The van der Waals surface area contributed by atoms with Crippen LogP contribution in [0.15, 0.2) is 0 Å². The second-order valence-corrected chi connectivity index (χ2v) is 4.31. The van der Waals surface area contributed by atoms with E-state index < -0.39 is 0 Å². The fourth-order valence-electron chi connectivity index (χ4n) is 2.94. The van der Waals surface area contributed by atoms with Crippen LogP contribution < -0.4 is 5.73 Å². The zero-order valence-electron chi connectivity index (χ0n) is 6.97. The van der Waals surface area contributed by atoms with Gasteiger partial charge in [0, 0.05) is 12.0 Å². The van der Waals surface area contributed by atoms with Gasteiger partial charge in [-0.2, -0.15) is 0 Å². The molecule has 0 saturated heterocycles. The van der Waals surface area contributed by atoms with Crippen LogP contribution in [0.2, 0.25) is 0 Å². The minimum absolute atomic E-state index is 0.142. The average Bonchev–Trinajstić information content (AvgIpc) is 2.37. The molecule has 2 aliphatic rings. The Morgan fingerprint density at radius 3 is 2.27 bits per heavy atom. The molecule has 2 aliphatic carbocycles. The number of hydrogen-bond acceptors (Lipinski definition) is 2. The lowest BCUT2D eigenvalue weighted by molar-refractivity contribution is 0.176. The zero-order chi connectivity index (χ0) is 7.95. The van der Waals surface area contributed by atoms with Crippen molar-refractivity contribution in [3.8, 4) is 0 Å². The molecule has 3 N–H and O–H groups in total. The highest BCUT2D eigenvalue weighted by Crippen LogP contribution is 2.70. The Balaban J connectivity index is 2.09. The van der Waals surface area contributed by atoms with E-state index >= 15 is 0 Å². The Morgan fingerprint density at radius 2 is 1.91 bits per heavy atom. The normalized spacial score (nSPS) is 39.8. The van der Waals surface area contributed by atoms with Crippen LogP contribution in [0.4, 0.5) is 0 Å². The molecule has 0 radical (unpaired) electrons. The standard InChI is InChI=1S/C9H17NO/c10-6-9(7-11)5-8(9)3-1-2-4-8/h11H,1-7,10H2. The third-order valence-corrected chi connectivity index (χ3v) is 3.93. The second-order valence-electron chi connectivity index (χ2n) is 4.31. The van der Waals surface area contributed by atoms with E-state index in [4.69, 9.17) is 5.73 Å². The topological polar surface area (TPSA) is 46.2 Å². The molecule has 1 unspecified atom stereocenters. The molecule has 64 valence electrons. The summed E-state index contributed by atoms with van der Waals surface area (Å²) in [6.45, 7) is 0.993. The number of rotatable bonds is 2. The molecule has 2 nitrogen and oxygen atoms in total. The summed E-state index contributed by atoms with van der Waals surface area (Å²) in [5.74, 6) is 0. The van der Waals surface area contributed by atoms with Gasteiger partial charge in [0.2, 0.25) is 0 Å². The van der Waals surface area contributed by atoms with Crippen LogP contribution in [0.3, 0.4) is 0 Å². The van der Waals surface area contributed by atoms with Gasteiger partial charge in [-0.25, -0.2) is 0 Å². The summed E-state index contributed by atoms with van der Waals surface area (Å²) in [7, 11) is 0. The quantitative estimate of drug-likeness (QED) is 0.622. The van der Waals surface area contributed by atoms with Crippen LogP contribution >= 0.6 is 0 Å². The van der Waals surface area contributed by atoms with E-state index in [0.717, 1.165) is 0 Å². The predicted molar refractivity (Wildman–Crippen MR) is 44.1 cm³/mol. The van der Waals surface area contributed by atoms with Gasteiger partial charge in [-0.1, -0.05) is 12.8 Å². The second kappa shape index (κ2) is 2.20. The van der Waals surface area contributed by atoms with Crippen molar-refractivity contribution < 1.29 is 5.11 Å². The Hall–Kier alpha value is -0.0800. The minimum Gasteiger partial charge on any atom is -0.396 e. The third-order valence-electron chi connectivity index (χ3n) is 3.93. The average molecular weight is 155 g/mol. The molecule has 0 heterocycles. The molecule has 0 amide bonds. The molecule has 0 bridgehead atoms. The van der Waals surface area contributed by atoms with Gasteiger partial charge in [0.15, 0.2) is 0 Å². The molecule has 1 spiro atoms. The number of aliphatic hydroxyl groups is 1. The van der Waals surface area contributed by atoms with Crippen molar-refractivity contribution in [3.05, 3.63) is 0 Å². The van der Waals surface area contributed by atoms with Crippen molar-refractivity contribution in [1.82, 2.24) is 0 Å². The van der Waals surface area contributed by atoms with Gasteiger partial charge >= 0.3 is 0 Å². The first kappa shape index (κ1) is 7.56. The molecular weight excluding hydrogens is 138 g/mol. The van der Waals surface area contributed by atoms with E-state index in [-0.39, 0.29) is 5.41 Å². The molecule has 2 rings (SSSR count). The van der Waals surface area contributed by atoms with Crippen LogP contribution in [0.5, 0.6) is 0 Å². The zero-order valence-corrected chi connectivity index (χ0v) is 6.97. The van der Waals surface area contributed by atoms with Crippen LogP contribution in [-0.2, 0) is 0 Å². The maximum Gasteiger partial charge on any atom is 0.0505 e. The van der Waals surface area contributed by atoms with Crippen LogP contribution in [0.25, 0.3) is 0 Å². The van der Waals surface area contributed by atoms with E-state index in [0.29, 0.717) is 18.6 Å². The Morgan fingerprint density at radius 1 is 1.27 bits per heavy atom. The SMILES string of the molecule is NCC1(CO)CC12CCCC2. The van der Waals surface area contributed by atoms with Gasteiger partial charge in [-0.05, 0) is 24.7 Å².